The molecule has 1 aromatic heterocycles. The van der Waals surface area contributed by atoms with Gasteiger partial charge in [-0.15, -0.1) is 11.3 Å². The van der Waals surface area contributed by atoms with Crippen LogP contribution in [0, 0.1) is 0 Å². The summed E-state index contributed by atoms with van der Waals surface area (Å²) in [6.45, 7) is 1.83. The fraction of sp³-hybridized carbons (Fsp3) is 0.214. The molecule has 212 valence electrons. The Labute approximate surface area is 240 Å². The van der Waals surface area contributed by atoms with Crippen LogP contribution in [0.3, 0.4) is 0 Å². The standard InChI is InChI=1S/C28H23F3N4O4S2/c29-28(30,31)17-4-3-5-18(14-17)32-24(36)16-40-27-34-22-9-8-19(15-23(22)41-27)33-25(37)20-6-1-2-7-21(20)26(38)35-10-12-39-13-11-35/h1-9,14-15H,10-13,16H2,(H,32,36)(H,33,37). The number of benzene rings is 3. The Morgan fingerprint density at radius 1 is 0.927 bits per heavy atom. The number of anilines is 2. The zero-order chi connectivity index (χ0) is 29.0. The number of aromatic nitrogens is 1. The molecule has 0 atom stereocenters. The van der Waals surface area contributed by atoms with Crippen molar-refractivity contribution in [3.8, 4) is 0 Å². The molecule has 0 bridgehead atoms. The van der Waals surface area contributed by atoms with Gasteiger partial charge in [0.15, 0.2) is 4.34 Å². The van der Waals surface area contributed by atoms with Gasteiger partial charge in [-0.25, -0.2) is 4.98 Å². The Kier molecular flexibility index (Phi) is 8.57. The van der Waals surface area contributed by atoms with Crippen molar-refractivity contribution in [3.63, 3.8) is 0 Å². The normalized spacial score (nSPS) is 13.7. The van der Waals surface area contributed by atoms with Gasteiger partial charge < -0.3 is 20.3 Å². The smallest absolute Gasteiger partial charge is 0.378 e. The van der Waals surface area contributed by atoms with Gasteiger partial charge in [-0.2, -0.15) is 13.2 Å². The van der Waals surface area contributed by atoms with Gasteiger partial charge in [-0.1, -0.05) is 30.0 Å². The summed E-state index contributed by atoms with van der Waals surface area (Å²) >= 11 is 2.47. The second kappa shape index (κ2) is 12.3. The molecule has 3 aromatic carbocycles. The molecular formula is C28H23F3N4O4S2. The molecule has 5 rings (SSSR count). The number of rotatable bonds is 7. The third-order valence-electron chi connectivity index (χ3n) is 6.13. The number of amides is 3. The van der Waals surface area contributed by atoms with E-state index in [1.54, 1.807) is 47.4 Å². The van der Waals surface area contributed by atoms with Crippen LogP contribution in [0.15, 0.2) is 71.1 Å². The summed E-state index contributed by atoms with van der Waals surface area (Å²) in [7, 11) is 0. The topological polar surface area (TPSA) is 101 Å². The number of alkyl halides is 3. The first-order valence-corrected chi connectivity index (χ1v) is 14.3. The summed E-state index contributed by atoms with van der Waals surface area (Å²) in [5.41, 5.74) is 0.965. The van der Waals surface area contributed by atoms with Gasteiger partial charge in [-0.05, 0) is 48.5 Å². The van der Waals surface area contributed by atoms with Gasteiger partial charge in [0.25, 0.3) is 11.8 Å². The Bertz CT molecular complexity index is 1600. The lowest BCUT2D eigenvalue weighted by molar-refractivity contribution is -0.137. The highest BCUT2D eigenvalue weighted by molar-refractivity contribution is 8.01. The predicted molar refractivity (Wildman–Crippen MR) is 152 cm³/mol. The molecule has 2 heterocycles. The predicted octanol–water partition coefficient (Wildman–Crippen LogP) is 5.77. The fourth-order valence-corrected chi connectivity index (χ4v) is 6.05. The first kappa shape index (κ1) is 28.6. The molecule has 3 amide bonds. The van der Waals surface area contributed by atoms with Gasteiger partial charge >= 0.3 is 6.18 Å². The molecular weight excluding hydrogens is 577 g/mol. The number of ether oxygens (including phenoxy) is 1. The van der Waals surface area contributed by atoms with E-state index in [4.69, 9.17) is 4.74 Å². The second-order valence-corrected chi connectivity index (χ2v) is 11.2. The Morgan fingerprint density at radius 3 is 2.41 bits per heavy atom. The van der Waals surface area contributed by atoms with Crippen LogP contribution in [0.25, 0.3) is 10.2 Å². The Morgan fingerprint density at radius 2 is 1.66 bits per heavy atom. The number of carbonyl (C=O) groups excluding carboxylic acids is 3. The SMILES string of the molecule is O=C(CSc1nc2ccc(NC(=O)c3ccccc3C(=O)N3CCOCC3)cc2s1)Nc1cccc(C(F)(F)F)c1. The summed E-state index contributed by atoms with van der Waals surface area (Å²) in [6, 6.07) is 16.3. The molecule has 0 saturated carbocycles. The summed E-state index contributed by atoms with van der Waals surface area (Å²) in [6.07, 6.45) is -4.50. The molecule has 1 saturated heterocycles. The quantitative estimate of drug-likeness (QED) is 0.261. The minimum atomic E-state index is -4.50. The molecule has 1 fully saturated rings. The maximum Gasteiger partial charge on any atom is 0.416 e. The molecule has 0 radical (unpaired) electrons. The lowest BCUT2D eigenvalue weighted by Crippen LogP contribution is -2.41. The zero-order valence-electron chi connectivity index (χ0n) is 21.4. The highest BCUT2D eigenvalue weighted by Crippen LogP contribution is 2.33. The summed E-state index contributed by atoms with van der Waals surface area (Å²) in [5.74, 6) is -1.16. The molecule has 2 N–H and O–H groups in total. The molecule has 4 aromatic rings. The molecule has 41 heavy (non-hydrogen) atoms. The molecule has 8 nitrogen and oxygen atoms in total. The first-order chi connectivity index (χ1) is 19.7. The fourth-order valence-electron chi connectivity index (χ4n) is 4.14. The number of thiazole rings is 1. The third kappa shape index (κ3) is 7.04. The highest BCUT2D eigenvalue weighted by atomic mass is 32.2. The van der Waals surface area contributed by atoms with E-state index in [1.807, 2.05) is 0 Å². The largest absolute Gasteiger partial charge is 0.416 e. The minimum absolute atomic E-state index is 0.0480. The van der Waals surface area contributed by atoms with Crippen molar-refractivity contribution in [1.29, 1.82) is 0 Å². The van der Waals surface area contributed by atoms with Crippen LogP contribution in [0.1, 0.15) is 26.3 Å². The van der Waals surface area contributed by atoms with Crippen LogP contribution in [-0.2, 0) is 15.7 Å². The van der Waals surface area contributed by atoms with Gasteiger partial charge in [-0.3, -0.25) is 14.4 Å². The molecule has 0 spiro atoms. The molecule has 0 aliphatic carbocycles. The molecule has 1 aliphatic rings. The van der Waals surface area contributed by atoms with E-state index in [1.165, 1.54) is 23.5 Å². The van der Waals surface area contributed by atoms with Crippen molar-refractivity contribution in [2.24, 2.45) is 0 Å². The lowest BCUT2D eigenvalue weighted by atomic mass is 10.0. The van der Waals surface area contributed by atoms with E-state index in [-0.39, 0.29) is 22.9 Å². The minimum Gasteiger partial charge on any atom is -0.378 e. The number of hydrogen-bond donors (Lipinski definition) is 2. The third-order valence-corrected chi connectivity index (χ3v) is 8.29. The Hall–Kier alpha value is -3.94. The van der Waals surface area contributed by atoms with Crippen LogP contribution in [0.5, 0.6) is 0 Å². The van der Waals surface area contributed by atoms with Crippen LogP contribution in [0.2, 0.25) is 0 Å². The number of carbonyl (C=O) groups is 3. The van der Waals surface area contributed by atoms with Crippen LogP contribution in [-0.4, -0.2) is 59.7 Å². The summed E-state index contributed by atoms with van der Waals surface area (Å²) in [5, 5.41) is 5.32. The van der Waals surface area contributed by atoms with Gasteiger partial charge in [0.2, 0.25) is 5.91 Å². The van der Waals surface area contributed by atoms with Gasteiger partial charge in [0.05, 0.1) is 45.9 Å². The average molecular weight is 601 g/mol. The van der Waals surface area contributed by atoms with Crippen molar-refractivity contribution in [2.45, 2.75) is 10.5 Å². The molecule has 1 aliphatic heterocycles. The van der Waals surface area contributed by atoms with Crippen LogP contribution in [0.4, 0.5) is 24.5 Å². The van der Waals surface area contributed by atoms with E-state index < -0.39 is 23.6 Å². The molecule has 0 unspecified atom stereocenters. The number of morpholine rings is 1. The van der Waals surface area contributed by atoms with E-state index in [2.05, 4.69) is 15.6 Å². The van der Waals surface area contributed by atoms with Crippen molar-refractivity contribution in [1.82, 2.24) is 9.88 Å². The van der Waals surface area contributed by atoms with E-state index in [0.29, 0.717) is 47.4 Å². The Balaban J connectivity index is 1.22. The van der Waals surface area contributed by atoms with E-state index in [9.17, 15) is 27.6 Å². The number of hydrogen-bond acceptors (Lipinski definition) is 7. The van der Waals surface area contributed by atoms with E-state index >= 15 is 0 Å². The second-order valence-electron chi connectivity index (χ2n) is 8.98. The number of halogens is 3. The van der Waals surface area contributed by atoms with Gasteiger partial charge in [0, 0.05) is 24.5 Å². The molecule has 13 heteroatoms. The van der Waals surface area contributed by atoms with Crippen molar-refractivity contribution in [3.05, 3.63) is 83.4 Å². The van der Waals surface area contributed by atoms with Crippen molar-refractivity contribution < 1.29 is 32.3 Å². The average Bonchev–Trinajstić information content (AvgIpc) is 3.38. The monoisotopic (exact) mass is 600 g/mol. The van der Waals surface area contributed by atoms with Gasteiger partial charge in [0.1, 0.15) is 0 Å². The van der Waals surface area contributed by atoms with E-state index in [0.717, 1.165) is 28.6 Å². The summed E-state index contributed by atoms with van der Waals surface area (Å²) < 4.78 is 45.4. The first-order valence-electron chi connectivity index (χ1n) is 12.5. The van der Waals surface area contributed by atoms with Crippen molar-refractivity contribution in [2.75, 3.05) is 42.7 Å². The maximum atomic E-state index is 13.1. The van der Waals surface area contributed by atoms with Crippen molar-refractivity contribution >= 4 is 62.4 Å². The number of thioether (sulfide) groups is 1. The maximum absolute atomic E-state index is 13.1. The van der Waals surface area contributed by atoms with Crippen LogP contribution < -0.4 is 10.6 Å². The zero-order valence-corrected chi connectivity index (χ0v) is 23.0. The summed E-state index contributed by atoms with van der Waals surface area (Å²) in [4.78, 5) is 44.6. The number of nitrogens with zero attached hydrogens (tertiary/aromatic N) is 2. The number of fused-ring (bicyclic) bond motifs is 1. The highest BCUT2D eigenvalue weighted by Gasteiger charge is 2.30. The van der Waals surface area contributed by atoms with Crippen LogP contribution >= 0.6 is 23.1 Å². The lowest BCUT2D eigenvalue weighted by Gasteiger charge is -2.27. The number of nitrogens with one attached hydrogen (secondary N) is 2.